The minimum absolute atomic E-state index is 0.0863. The van der Waals surface area contributed by atoms with Crippen LogP contribution in [0.25, 0.3) is 10.9 Å². The van der Waals surface area contributed by atoms with Gasteiger partial charge in [0.15, 0.2) is 0 Å². The van der Waals surface area contributed by atoms with Crippen molar-refractivity contribution >= 4 is 16.6 Å². The van der Waals surface area contributed by atoms with Gasteiger partial charge in [-0.05, 0) is 43.5 Å². The average molecular weight is 228 g/mol. The molecule has 0 aliphatic carbocycles. The second-order valence-electron chi connectivity index (χ2n) is 4.59. The highest BCUT2D eigenvalue weighted by Gasteiger charge is 2.11. The monoisotopic (exact) mass is 228 g/mol. The lowest BCUT2D eigenvalue weighted by Gasteiger charge is -2.28. The highest BCUT2D eigenvalue weighted by Crippen LogP contribution is 2.24. The van der Waals surface area contributed by atoms with Crippen molar-refractivity contribution in [3.05, 3.63) is 30.3 Å². The van der Waals surface area contributed by atoms with E-state index in [2.05, 4.69) is 22.0 Å². The number of benzene rings is 1. The SMILES string of the molecule is Oc1ccc2cc(N3CCCCC3)ccc2n1. The fraction of sp³-hybridized carbons (Fsp3) is 0.357. The van der Waals surface area contributed by atoms with Crippen molar-refractivity contribution in [2.45, 2.75) is 19.3 Å². The number of fused-ring (bicyclic) bond motifs is 1. The molecule has 0 radical (unpaired) electrons. The van der Waals surface area contributed by atoms with Gasteiger partial charge in [-0.25, -0.2) is 4.98 Å². The van der Waals surface area contributed by atoms with Crippen molar-refractivity contribution in [3.63, 3.8) is 0 Å². The molecule has 3 rings (SSSR count). The molecule has 1 aromatic heterocycles. The third-order valence-corrected chi connectivity index (χ3v) is 3.38. The zero-order valence-corrected chi connectivity index (χ0v) is 9.76. The van der Waals surface area contributed by atoms with Crippen LogP contribution in [0.15, 0.2) is 30.3 Å². The Kier molecular flexibility index (Phi) is 2.59. The van der Waals surface area contributed by atoms with E-state index in [-0.39, 0.29) is 5.88 Å². The molecule has 2 heterocycles. The van der Waals surface area contributed by atoms with Gasteiger partial charge in [-0.1, -0.05) is 0 Å². The first kappa shape index (κ1) is 10.4. The number of hydrogen-bond acceptors (Lipinski definition) is 3. The van der Waals surface area contributed by atoms with Gasteiger partial charge in [-0.3, -0.25) is 0 Å². The molecule has 0 bridgehead atoms. The molecule has 1 fully saturated rings. The molecule has 1 aliphatic rings. The molecule has 1 saturated heterocycles. The van der Waals surface area contributed by atoms with Crippen LogP contribution in [0, 0.1) is 0 Å². The Morgan fingerprint density at radius 1 is 1.00 bits per heavy atom. The van der Waals surface area contributed by atoms with E-state index in [1.54, 1.807) is 6.07 Å². The van der Waals surface area contributed by atoms with Crippen molar-refractivity contribution in [2.24, 2.45) is 0 Å². The number of nitrogens with zero attached hydrogens (tertiary/aromatic N) is 2. The van der Waals surface area contributed by atoms with E-state index in [9.17, 15) is 5.11 Å². The summed E-state index contributed by atoms with van der Waals surface area (Å²) in [4.78, 5) is 6.53. The lowest BCUT2D eigenvalue weighted by atomic mass is 10.1. The summed E-state index contributed by atoms with van der Waals surface area (Å²) in [5.74, 6) is 0.0863. The van der Waals surface area contributed by atoms with Gasteiger partial charge in [-0.15, -0.1) is 0 Å². The zero-order valence-electron chi connectivity index (χ0n) is 9.76. The van der Waals surface area contributed by atoms with E-state index in [4.69, 9.17) is 0 Å². The third-order valence-electron chi connectivity index (χ3n) is 3.38. The smallest absolute Gasteiger partial charge is 0.211 e. The summed E-state index contributed by atoms with van der Waals surface area (Å²) in [6.07, 6.45) is 3.91. The van der Waals surface area contributed by atoms with Gasteiger partial charge in [-0.2, -0.15) is 0 Å². The van der Waals surface area contributed by atoms with Crippen molar-refractivity contribution in [1.82, 2.24) is 4.98 Å². The summed E-state index contributed by atoms with van der Waals surface area (Å²) in [7, 11) is 0. The van der Waals surface area contributed by atoms with Crippen LogP contribution in [0.4, 0.5) is 5.69 Å². The fourth-order valence-corrected chi connectivity index (χ4v) is 2.45. The molecule has 88 valence electrons. The maximum absolute atomic E-state index is 9.33. The predicted molar refractivity (Wildman–Crippen MR) is 69.5 cm³/mol. The topological polar surface area (TPSA) is 36.4 Å². The third kappa shape index (κ3) is 2.05. The van der Waals surface area contributed by atoms with Gasteiger partial charge in [0.25, 0.3) is 0 Å². The second kappa shape index (κ2) is 4.24. The summed E-state index contributed by atoms with van der Waals surface area (Å²) in [6, 6.07) is 9.81. The van der Waals surface area contributed by atoms with E-state index < -0.39 is 0 Å². The number of anilines is 1. The molecule has 0 saturated carbocycles. The summed E-state index contributed by atoms with van der Waals surface area (Å²) in [5.41, 5.74) is 2.12. The standard InChI is InChI=1S/C14H16N2O/c17-14-7-4-11-10-12(5-6-13(11)15-14)16-8-2-1-3-9-16/h4-7,10H,1-3,8-9H2,(H,15,17). The zero-order chi connectivity index (χ0) is 11.7. The predicted octanol–water partition coefficient (Wildman–Crippen LogP) is 2.93. The maximum atomic E-state index is 9.33. The molecule has 0 unspecified atom stereocenters. The summed E-state index contributed by atoms with van der Waals surface area (Å²) in [5, 5.41) is 10.4. The molecule has 3 heteroatoms. The number of pyridine rings is 1. The Labute approximate surface area is 101 Å². The van der Waals surface area contributed by atoms with Crippen LogP contribution in [0.3, 0.4) is 0 Å². The van der Waals surface area contributed by atoms with E-state index in [0.29, 0.717) is 0 Å². The van der Waals surface area contributed by atoms with Gasteiger partial charge < -0.3 is 10.0 Å². The number of hydrogen-bond donors (Lipinski definition) is 1. The van der Waals surface area contributed by atoms with E-state index >= 15 is 0 Å². The lowest BCUT2D eigenvalue weighted by Crippen LogP contribution is -2.29. The molecule has 3 nitrogen and oxygen atoms in total. The van der Waals surface area contributed by atoms with Crippen LogP contribution < -0.4 is 4.90 Å². The van der Waals surface area contributed by atoms with Crippen molar-refractivity contribution in [3.8, 4) is 5.88 Å². The van der Waals surface area contributed by atoms with Crippen molar-refractivity contribution in [2.75, 3.05) is 18.0 Å². The quantitative estimate of drug-likeness (QED) is 0.815. The Morgan fingerprint density at radius 2 is 1.82 bits per heavy atom. The first-order chi connectivity index (χ1) is 8.33. The van der Waals surface area contributed by atoms with Crippen LogP contribution >= 0.6 is 0 Å². The van der Waals surface area contributed by atoms with E-state index in [1.807, 2.05) is 12.1 Å². The Balaban J connectivity index is 1.98. The van der Waals surface area contributed by atoms with Crippen LogP contribution in [-0.4, -0.2) is 23.2 Å². The van der Waals surface area contributed by atoms with Gasteiger partial charge in [0.2, 0.25) is 5.88 Å². The van der Waals surface area contributed by atoms with Crippen LogP contribution in [-0.2, 0) is 0 Å². The van der Waals surface area contributed by atoms with E-state index in [1.165, 1.54) is 24.9 Å². The molecule has 17 heavy (non-hydrogen) atoms. The highest BCUT2D eigenvalue weighted by atomic mass is 16.3. The Morgan fingerprint density at radius 3 is 2.65 bits per heavy atom. The molecule has 0 atom stereocenters. The Bertz CT molecular complexity index is 533. The maximum Gasteiger partial charge on any atom is 0.211 e. The molecule has 0 spiro atoms. The number of rotatable bonds is 1. The molecule has 1 aliphatic heterocycles. The average Bonchev–Trinajstić information content (AvgIpc) is 2.39. The Hall–Kier alpha value is -1.77. The largest absolute Gasteiger partial charge is 0.493 e. The number of piperidine rings is 1. The normalized spacial score (nSPS) is 16.4. The van der Waals surface area contributed by atoms with Gasteiger partial charge >= 0.3 is 0 Å². The first-order valence-corrected chi connectivity index (χ1v) is 6.18. The van der Waals surface area contributed by atoms with Gasteiger partial charge in [0.05, 0.1) is 5.52 Å². The van der Waals surface area contributed by atoms with Crippen LogP contribution in [0.5, 0.6) is 5.88 Å². The van der Waals surface area contributed by atoms with Gasteiger partial charge in [0.1, 0.15) is 0 Å². The fourth-order valence-electron chi connectivity index (χ4n) is 2.45. The van der Waals surface area contributed by atoms with E-state index in [0.717, 1.165) is 24.0 Å². The molecule has 1 aromatic carbocycles. The summed E-state index contributed by atoms with van der Waals surface area (Å²) in [6.45, 7) is 2.30. The number of aromatic nitrogens is 1. The second-order valence-corrected chi connectivity index (χ2v) is 4.59. The lowest BCUT2D eigenvalue weighted by molar-refractivity contribution is 0.456. The summed E-state index contributed by atoms with van der Waals surface area (Å²) >= 11 is 0. The molecule has 1 N–H and O–H groups in total. The van der Waals surface area contributed by atoms with Gasteiger partial charge in [0, 0.05) is 30.2 Å². The first-order valence-electron chi connectivity index (χ1n) is 6.18. The molecular formula is C14H16N2O. The number of aromatic hydroxyl groups is 1. The summed E-state index contributed by atoms with van der Waals surface area (Å²) < 4.78 is 0. The van der Waals surface area contributed by atoms with Crippen molar-refractivity contribution < 1.29 is 5.11 Å². The minimum atomic E-state index is 0.0863. The molecular weight excluding hydrogens is 212 g/mol. The van der Waals surface area contributed by atoms with Crippen LogP contribution in [0.1, 0.15) is 19.3 Å². The van der Waals surface area contributed by atoms with Crippen LogP contribution in [0.2, 0.25) is 0 Å². The highest BCUT2D eigenvalue weighted by molar-refractivity contribution is 5.83. The minimum Gasteiger partial charge on any atom is -0.493 e. The molecule has 2 aromatic rings. The van der Waals surface area contributed by atoms with Crippen molar-refractivity contribution in [1.29, 1.82) is 0 Å². The molecule has 0 amide bonds.